The van der Waals surface area contributed by atoms with Crippen LogP contribution in [-0.2, 0) is 14.0 Å². The summed E-state index contributed by atoms with van der Waals surface area (Å²) in [5, 5.41) is 0. The SMILES string of the molecule is C=CCC(OB1OC(C)(C)C(C)(C)O1)c1ccccc1. The van der Waals surface area contributed by atoms with Gasteiger partial charge in [-0.1, -0.05) is 36.4 Å². The van der Waals surface area contributed by atoms with Crippen LogP contribution >= 0.6 is 0 Å². The molecule has 0 aromatic heterocycles. The normalized spacial score (nSPS) is 21.7. The van der Waals surface area contributed by atoms with E-state index in [0.29, 0.717) is 6.42 Å². The largest absolute Gasteiger partial charge is 0.640 e. The second kappa shape index (κ2) is 5.72. The summed E-state index contributed by atoms with van der Waals surface area (Å²) in [6.45, 7) is 11.9. The Morgan fingerprint density at radius 1 is 1.15 bits per heavy atom. The molecule has 1 atom stereocenters. The highest BCUT2D eigenvalue weighted by atomic mass is 16.8. The zero-order valence-electron chi connectivity index (χ0n) is 12.8. The molecule has 1 aliphatic rings. The third-order valence-corrected chi connectivity index (χ3v) is 4.06. The Morgan fingerprint density at radius 2 is 1.70 bits per heavy atom. The summed E-state index contributed by atoms with van der Waals surface area (Å²) in [4.78, 5) is 0. The van der Waals surface area contributed by atoms with E-state index < -0.39 is 7.32 Å². The van der Waals surface area contributed by atoms with Gasteiger partial charge in [0.15, 0.2) is 0 Å². The van der Waals surface area contributed by atoms with Crippen LogP contribution in [0, 0.1) is 0 Å². The summed E-state index contributed by atoms with van der Waals surface area (Å²) in [6.07, 6.45) is 2.46. The number of rotatable bonds is 5. The van der Waals surface area contributed by atoms with Crippen LogP contribution in [0.15, 0.2) is 43.0 Å². The quantitative estimate of drug-likeness (QED) is 0.602. The molecule has 1 aromatic carbocycles. The van der Waals surface area contributed by atoms with E-state index in [4.69, 9.17) is 14.0 Å². The highest BCUT2D eigenvalue weighted by Gasteiger charge is 2.53. The first-order valence-corrected chi connectivity index (χ1v) is 7.03. The lowest BCUT2D eigenvalue weighted by Gasteiger charge is -2.31. The van der Waals surface area contributed by atoms with Gasteiger partial charge in [-0.15, -0.1) is 6.58 Å². The van der Waals surface area contributed by atoms with Crippen molar-refractivity contribution in [3.63, 3.8) is 0 Å². The summed E-state index contributed by atoms with van der Waals surface area (Å²) >= 11 is 0. The molecule has 20 heavy (non-hydrogen) atoms. The lowest BCUT2D eigenvalue weighted by atomic mass is 9.90. The first-order chi connectivity index (χ1) is 9.36. The molecule has 1 aromatic rings. The van der Waals surface area contributed by atoms with Gasteiger partial charge in [0.05, 0.1) is 17.3 Å². The molecule has 0 N–H and O–H groups in total. The number of hydrogen-bond acceptors (Lipinski definition) is 3. The van der Waals surface area contributed by atoms with E-state index in [1.54, 1.807) is 0 Å². The van der Waals surface area contributed by atoms with Crippen LogP contribution in [0.1, 0.15) is 45.8 Å². The Morgan fingerprint density at radius 3 is 2.20 bits per heavy atom. The molecule has 108 valence electrons. The lowest BCUT2D eigenvalue weighted by molar-refractivity contribution is 0.00578. The van der Waals surface area contributed by atoms with Crippen molar-refractivity contribution in [3.05, 3.63) is 48.6 Å². The van der Waals surface area contributed by atoms with Crippen molar-refractivity contribution in [2.45, 2.75) is 51.4 Å². The highest BCUT2D eigenvalue weighted by molar-refractivity contribution is 6.37. The molecule has 1 heterocycles. The molecule has 1 unspecified atom stereocenters. The van der Waals surface area contributed by atoms with E-state index in [-0.39, 0.29) is 17.3 Å². The molecule has 0 saturated carbocycles. The average molecular weight is 274 g/mol. The Labute approximate surface area is 122 Å². The first kappa shape index (κ1) is 15.3. The monoisotopic (exact) mass is 274 g/mol. The summed E-state index contributed by atoms with van der Waals surface area (Å²) < 4.78 is 17.8. The molecule has 3 nitrogen and oxygen atoms in total. The van der Waals surface area contributed by atoms with Gasteiger partial charge in [0.2, 0.25) is 0 Å². The first-order valence-electron chi connectivity index (χ1n) is 7.03. The Balaban J connectivity index is 2.09. The Bertz CT molecular complexity index is 440. The molecule has 0 radical (unpaired) electrons. The summed E-state index contributed by atoms with van der Waals surface area (Å²) in [5.74, 6) is 0. The molecule has 1 aliphatic heterocycles. The fourth-order valence-corrected chi connectivity index (χ4v) is 2.07. The van der Waals surface area contributed by atoms with Crippen LogP contribution in [-0.4, -0.2) is 18.5 Å². The van der Waals surface area contributed by atoms with E-state index in [2.05, 4.69) is 6.58 Å². The van der Waals surface area contributed by atoms with E-state index >= 15 is 0 Å². The van der Waals surface area contributed by atoms with Crippen LogP contribution in [0.3, 0.4) is 0 Å². The molecule has 4 heteroatoms. The van der Waals surface area contributed by atoms with Crippen molar-refractivity contribution in [3.8, 4) is 0 Å². The molecule has 0 aliphatic carbocycles. The minimum absolute atomic E-state index is 0.108. The second-order valence-electron chi connectivity index (χ2n) is 6.10. The van der Waals surface area contributed by atoms with E-state index in [1.807, 2.05) is 64.1 Å². The van der Waals surface area contributed by atoms with Gasteiger partial charge in [0.25, 0.3) is 0 Å². The van der Waals surface area contributed by atoms with Gasteiger partial charge in [-0.3, -0.25) is 0 Å². The van der Waals surface area contributed by atoms with Crippen LogP contribution in [0.4, 0.5) is 0 Å². The van der Waals surface area contributed by atoms with E-state index in [0.717, 1.165) is 5.56 Å². The topological polar surface area (TPSA) is 27.7 Å². The summed E-state index contributed by atoms with van der Waals surface area (Å²) in [7, 11) is -0.648. The molecule has 0 bridgehead atoms. The summed E-state index contributed by atoms with van der Waals surface area (Å²) in [5.41, 5.74) is 0.335. The Kier molecular flexibility index (Phi) is 4.38. The molecule has 0 spiro atoms. The molecular formula is C16H23BO3. The lowest BCUT2D eigenvalue weighted by Crippen LogP contribution is -2.41. The minimum Gasteiger partial charge on any atom is -0.379 e. The predicted molar refractivity (Wildman–Crippen MR) is 81.2 cm³/mol. The zero-order valence-corrected chi connectivity index (χ0v) is 12.8. The maximum atomic E-state index is 5.99. The van der Waals surface area contributed by atoms with Crippen molar-refractivity contribution in [2.75, 3.05) is 0 Å². The van der Waals surface area contributed by atoms with E-state index in [9.17, 15) is 0 Å². The van der Waals surface area contributed by atoms with Crippen molar-refractivity contribution >= 4 is 7.32 Å². The standard InChI is InChI=1S/C16H23BO3/c1-6-10-14(13-11-8-7-9-12-13)18-17-19-15(2,3)16(4,5)20-17/h6-9,11-12,14H,1,10H2,2-5H3. The average Bonchev–Trinajstić information content (AvgIpc) is 2.58. The molecule has 1 saturated heterocycles. The maximum Gasteiger partial charge on any atom is 0.640 e. The highest BCUT2D eigenvalue weighted by Crippen LogP contribution is 2.38. The van der Waals surface area contributed by atoms with Crippen molar-refractivity contribution in [1.82, 2.24) is 0 Å². The van der Waals surface area contributed by atoms with Gasteiger partial charge in [-0.25, -0.2) is 0 Å². The van der Waals surface area contributed by atoms with Crippen molar-refractivity contribution < 1.29 is 14.0 Å². The van der Waals surface area contributed by atoms with Gasteiger partial charge in [-0.2, -0.15) is 0 Å². The maximum absolute atomic E-state index is 5.99. The molecular weight excluding hydrogens is 251 g/mol. The van der Waals surface area contributed by atoms with E-state index in [1.165, 1.54) is 0 Å². The van der Waals surface area contributed by atoms with Gasteiger partial charge in [-0.05, 0) is 39.7 Å². The Hall–Kier alpha value is -1.10. The fraction of sp³-hybridized carbons (Fsp3) is 0.500. The number of hydrogen-bond donors (Lipinski definition) is 0. The van der Waals surface area contributed by atoms with Gasteiger partial charge < -0.3 is 14.0 Å². The predicted octanol–water partition coefficient (Wildman–Crippen LogP) is 3.91. The van der Waals surface area contributed by atoms with Crippen LogP contribution in [0.25, 0.3) is 0 Å². The number of benzene rings is 1. The van der Waals surface area contributed by atoms with Crippen LogP contribution in [0.5, 0.6) is 0 Å². The fourth-order valence-electron chi connectivity index (χ4n) is 2.07. The zero-order chi connectivity index (χ0) is 14.8. The van der Waals surface area contributed by atoms with Gasteiger partial charge in [0.1, 0.15) is 0 Å². The van der Waals surface area contributed by atoms with Crippen molar-refractivity contribution in [2.24, 2.45) is 0 Å². The molecule has 1 fully saturated rings. The molecule has 0 amide bonds. The summed E-state index contributed by atoms with van der Waals surface area (Å²) in [6, 6.07) is 10.1. The van der Waals surface area contributed by atoms with Crippen molar-refractivity contribution in [1.29, 1.82) is 0 Å². The minimum atomic E-state index is -0.648. The third kappa shape index (κ3) is 3.14. The van der Waals surface area contributed by atoms with Crippen LogP contribution in [0.2, 0.25) is 0 Å². The second-order valence-corrected chi connectivity index (χ2v) is 6.10. The van der Waals surface area contributed by atoms with Gasteiger partial charge in [0, 0.05) is 0 Å². The van der Waals surface area contributed by atoms with Crippen LogP contribution < -0.4 is 0 Å². The van der Waals surface area contributed by atoms with Gasteiger partial charge >= 0.3 is 7.32 Å². The smallest absolute Gasteiger partial charge is 0.379 e. The third-order valence-electron chi connectivity index (χ3n) is 4.06. The molecule has 2 rings (SSSR count).